The summed E-state index contributed by atoms with van der Waals surface area (Å²) in [5.41, 5.74) is 9.60. The zero-order valence-corrected chi connectivity index (χ0v) is 17.2. The summed E-state index contributed by atoms with van der Waals surface area (Å²) in [6.07, 6.45) is 3.82. The number of hydrogen-bond donors (Lipinski definition) is 2. The highest BCUT2D eigenvalue weighted by molar-refractivity contribution is 5.70. The van der Waals surface area contributed by atoms with Gasteiger partial charge in [-0.25, -0.2) is 0 Å². The Labute approximate surface area is 171 Å². The second kappa shape index (κ2) is 8.65. The van der Waals surface area contributed by atoms with Gasteiger partial charge in [-0.1, -0.05) is 26.0 Å². The maximum absolute atomic E-state index is 9.30. The van der Waals surface area contributed by atoms with Crippen molar-refractivity contribution >= 4 is 17.2 Å². The molecule has 0 fully saturated rings. The summed E-state index contributed by atoms with van der Waals surface area (Å²) in [5.74, 6) is 1.31. The van der Waals surface area contributed by atoms with Crippen molar-refractivity contribution < 1.29 is 4.74 Å². The minimum absolute atomic E-state index is 0.111. The highest BCUT2D eigenvalue weighted by Crippen LogP contribution is 2.28. The average molecular weight is 390 g/mol. The monoisotopic (exact) mass is 390 g/mol. The van der Waals surface area contributed by atoms with Gasteiger partial charge in [0.15, 0.2) is 0 Å². The molecule has 3 rings (SSSR count). The normalized spacial score (nSPS) is 10.9. The van der Waals surface area contributed by atoms with Crippen molar-refractivity contribution in [1.82, 2.24) is 14.8 Å². The minimum atomic E-state index is -0.111. The van der Waals surface area contributed by atoms with E-state index in [1.54, 1.807) is 6.07 Å². The molecule has 0 atom stereocenters. The van der Waals surface area contributed by atoms with E-state index in [1.165, 1.54) is 0 Å². The SMILES string of the molecule is CC(C)Cn1cc(-c2ccc(Nc3cc(N)c(C#N)c(OC(C)C)n3)cc2)cn1. The molecule has 0 spiro atoms. The Kier molecular flexibility index (Phi) is 6.03. The highest BCUT2D eigenvalue weighted by Gasteiger charge is 2.14. The van der Waals surface area contributed by atoms with Crippen LogP contribution in [0.1, 0.15) is 33.3 Å². The Hall–Kier alpha value is -3.53. The molecule has 3 aromatic rings. The van der Waals surface area contributed by atoms with Crippen molar-refractivity contribution in [1.29, 1.82) is 5.26 Å². The van der Waals surface area contributed by atoms with Crippen molar-refractivity contribution in [2.75, 3.05) is 11.1 Å². The molecule has 0 saturated heterocycles. The van der Waals surface area contributed by atoms with Gasteiger partial charge in [0.25, 0.3) is 0 Å². The number of hydrogen-bond acceptors (Lipinski definition) is 6. The number of benzene rings is 1. The smallest absolute Gasteiger partial charge is 0.236 e. The molecule has 2 heterocycles. The summed E-state index contributed by atoms with van der Waals surface area (Å²) in [6, 6.07) is 11.7. The molecule has 7 heteroatoms. The summed E-state index contributed by atoms with van der Waals surface area (Å²) < 4.78 is 7.60. The van der Waals surface area contributed by atoms with Crippen LogP contribution in [0.5, 0.6) is 5.88 Å². The van der Waals surface area contributed by atoms with Crippen LogP contribution in [-0.2, 0) is 6.54 Å². The molecular formula is C22H26N6O. The van der Waals surface area contributed by atoms with Crippen LogP contribution in [0.3, 0.4) is 0 Å². The standard InChI is InChI=1S/C22H26N6O/c1-14(2)12-28-13-17(11-25-28)16-5-7-18(8-6-16)26-21-9-20(24)19(10-23)22(27-21)29-15(3)4/h5-9,11,13-15H,12H2,1-4H3,(H3,24,26,27). The zero-order valence-electron chi connectivity index (χ0n) is 17.2. The molecule has 1 aromatic carbocycles. The Bertz CT molecular complexity index is 1010. The lowest BCUT2D eigenvalue weighted by Gasteiger charge is -2.14. The highest BCUT2D eigenvalue weighted by atomic mass is 16.5. The van der Waals surface area contributed by atoms with Crippen LogP contribution in [0.2, 0.25) is 0 Å². The first-order valence-electron chi connectivity index (χ1n) is 9.63. The third kappa shape index (κ3) is 5.05. The maximum atomic E-state index is 9.30. The lowest BCUT2D eigenvalue weighted by Crippen LogP contribution is -2.10. The van der Waals surface area contributed by atoms with Gasteiger partial charge in [-0.3, -0.25) is 4.68 Å². The number of anilines is 3. The van der Waals surface area contributed by atoms with Crippen LogP contribution in [-0.4, -0.2) is 20.9 Å². The number of nitriles is 1. The Morgan fingerprint density at radius 3 is 2.52 bits per heavy atom. The van der Waals surface area contributed by atoms with Crippen molar-refractivity contribution in [2.24, 2.45) is 5.92 Å². The third-order valence-corrected chi connectivity index (χ3v) is 4.15. The molecule has 3 N–H and O–H groups in total. The van der Waals surface area contributed by atoms with E-state index in [-0.39, 0.29) is 17.5 Å². The fourth-order valence-electron chi connectivity index (χ4n) is 2.91. The molecule has 2 aromatic heterocycles. The van der Waals surface area contributed by atoms with E-state index >= 15 is 0 Å². The first-order chi connectivity index (χ1) is 13.9. The lowest BCUT2D eigenvalue weighted by molar-refractivity contribution is 0.232. The van der Waals surface area contributed by atoms with Gasteiger partial charge in [-0.2, -0.15) is 15.3 Å². The number of nitrogens with one attached hydrogen (secondary N) is 1. The molecule has 0 aliphatic rings. The second-order valence-electron chi connectivity index (χ2n) is 7.60. The number of aromatic nitrogens is 3. The Balaban J connectivity index is 1.78. The predicted molar refractivity (Wildman–Crippen MR) is 115 cm³/mol. The van der Waals surface area contributed by atoms with E-state index in [1.807, 2.05) is 49.0 Å². The quantitative estimate of drug-likeness (QED) is 0.612. The predicted octanol–water partition coefficient (Wildman–Crippen LogP) is 4.59. The second-order valence-corrected chi connectivity index (χ2v) is 7.60. The fourth-order valence-corrected chi connectivity index (χ4v) is 2.91. The lowest BCUT2D eigenvalue weighted by atomic mass is 10.1. The van der Waals surface area contributed by atoms with Gasteiger partial charge in [0.2, 0.25) is 5.88 Å². The Morgan fingerprint density at radius 2 is 1.90 bits per heavy atom. The molecule has 0 bridgehead atoms. The first kappa shape index (κ1) is 20.2. The molecule has 29 heavy (non-hydrogen) atoms. The molecule has 0 aliphatic heterocycles. The number of pyridine rings is 1. The van der Waals surface area contributed by atoms with E-state index in [0.29, 0.717) is 17.4 Å². The molecular weight excluding hydrogens is 364 g/mol. The Morgan fingerprint density at radius 1 is 1.17 bits per heavy atom. The largest absolute Gasteiger partial charge is 0.474 e. The van der Waals surface area contributed by atoms with E-state index in [9.17, 15) is 5.26 Å². The number of nitrogen functional groups attached to an aromatic ring is 1. The molecule has 7 nitrogen and oxygen atoms in total. The van der Waals surface area contributed by atoms with E-state index in [2.05, 4.69) is 41.5 Å². The van der Waals surface area contributed by atoms with Crippen LogP contribution in [0.25, 0.3) is 11.1 Å². The topological polar surface area (TPSA) is 102 Å². The van der Waals surface area contributed by atoms with E-state index < -0.39 is 0 Å². The van der Waals surface area contributed by atoms with Crippen LogP contribution in [0.4, 0.5) is 17.2 Å². The van der Waals surface area contributed by atoms with Crippen molar-refractivity contribution in [3.63, 3.8) is 0 Å². The summed E-state index contributed by atoms with van der Waals surface area (Å²) in [6.45, 7) is 8.99. The van der Waals surface area contributed by atoms with E-state index in [4.69, 9.17) is 10.5 Å². The summed E-state index contributed by atoms with van der Waals surface area (Å²) >= 11 is 0. The fraction of sp³-hybridized carbons (Fsp3) is 0.318. The number of rotatable bonds is 7. The van der Waals surface area contributed by atoms with Crippen LogP contribution >= 0.6 is 0 Å². The molecule has 0 saturated carbocycles. The van der Waals surface area contributed by atoms with E-state index in [0.717, 1.165) is 23.4 Å². The molecule has 0 aliphatic carbocycles. The molecule has 0 unspecified atom stereocenters. The van der Waals surface area contributed by atoms with Crippen molar-refractivity contribution in [3.05, 3.63) is 48.3 Å². The molecule has 0 amide bonds. The van der Waals surface area contributed by atoms with Crippen LogP contribution in [0, 0.1) is 17.2 Å². The number of nitrogens with two attached hydrogens (primary N) is 1. The van der Waals surface area contributed by atoms with Gasteiger partial charge < -0.3 is 15.8 Å². The van der Waals surface area contributed by atoms with Crippen LogP contribution < -0.4 is 15.8 Å². The van der Waals surface area contributed by atoms with Gasteiger partial charge in [0.05, 0.1) is 18.0 Å². The van der Waals surface area contributed by atoms with Crippen LogP contribution in [0.15, 0.2) is 42.7 Å². The summed E-state index contributed by atoms with van der Waals surface area (Å²) in [7, 11) is 0. The summed E-state index contributed by atoms with van der Waals surface area (Å²) in [5, 5.41) is 16.9. The van der Waals surface area contributed by atoms with Gasteiger partial charge in [-0.15, -0.1) is 0 Å². The zero-order chi connectivity index (χ0) is 21.0. The van der Waals surface area contributed by atoms with Gasteiger partial charge in [-0.05, 0) is 37.5 Å². The first-order valence-corrected chi connectivity index (χ1v) is 9.63. The van der Waals surface area contributed by atoms with Gasteiger partial charge in [0, 0.05) is 30.1 Å². The average Bonchev–Trinajstić information content (AvgIpc) is 3.09. The number of nitrogens with zero attached hydrogens (tertiary/aromatic N) is 4. The minimum Gasteiger partial charge on any atom is -0.474 e. The van der Waals surface area contributed by atoms with Crippen molar-refractivity contribution in [3.8, 4) is 23.1 Å². The van der Waals surface area contributed by atoms with Gasteiger partial charge in [0.1, 0.15) is 17.5 Å². The molecule has 0 radical (unpaired) electrons. The number of ether oxygens (including phenoxy) is 1. The maximum Gasteiger partial charge on any atom is 0.236 e. The summed E-state index contributed by atoms with van der Waals surface area (Å²) in [4.78, 5) is 4.40. The third-order valence-electron chi connectivity index (χ3n) is 4.15. The van der Waals surface area contributed by atoms with Crippen molar-refractivity contribution in [2.45, 2.75) is 40.3 Å². The van der Waals surface area contributed by atoms with Gasteiger partial charge >= 0.3 is 0 Å². The molecule has 150 valence electrons.